The summed E-state index contributed by atoms with van der Waals surface area (Å²) in [6, 6.07) is 7.47. The van der Waals surface area contributed by atoms with Gasteiger partial charge < -0.3 is 19.1 Å². The van der Waals surface area contributed by atoms with E-state index in [2.05, 4.69) is 0 Å². The Morgan fingerprint density at radius 2 is 1.76 bits per heavy atom. The number of hydrogen-bond acceptors (Lipinski definition) is 6. The topological polar surface area (TPSA) is 82.1 Å². The first-order valence-corrected chi connectivity index (χ1v) is 11.4. The Morgan fingerprint density at radius 3 is 2.35 bits per heavy atom. The molecule has 1 amide bonds. The first-order chi connectivity index (χ1) is 16.0. The molecular weight excluding hydrogens is 455 g/mol. The van der Waals surface area contributed by atoms with Gasteiger partial charge in [-0.3, -0.25) is 14.4 Å². The highest BCUT2D eigenvalue weighted by Gasteiger charge is 2.56. The van der Waals surface area contributed by atoms with Crippen molar-refractivity contribution in [1.29, 1.82) is 0 Å². The van der Waals surface area contributed by atoms with E-state index in [-0.39, 0.29) is 51.9 Å². The van der Waals surface area contributed by atoms with Crippen molar-refractivity contribution in [2.75, 3.05) is 13.2 Å². The normalized spacial score (nSPS) is 24.3. The summed E-state index contributed by atoms with van der Waals surface area (Å²) in [6.45, 7) is 3.23. The van der Waals surface area contributed by atoms with Crippen molar-refractivity contribution in [3.05, 3.63) is 35.9 Å². The molecule has 0 bridgehead atoms. The minimum absolute atomic E-state index is 0.0238. The number of halogens is 3. The molecule has 2 aliphatic rings. The molecule has 34 heavy (non-hydrogen) atoms. The summed E-state index contributed by atoms with van der Waals surface area (Å²) in [6.07, 6.45) is -5.22. The van der Waals surface area contributed by atoms with Gasteiger partial charge in [-0.05, 0) is 44.6 Å². The molecule has 0 radical (unpaired) electrons. The van der Waals surface area contributed by atoms with Crippen molar-refractivity contribution in [2.45, 2.75) is 76.9 Å². The van der Waals surface area contributed by atoms with Crippen molar-refractivity contribution in [2.24, 2.45) is 5.41 Å². The van der Waals surface area contributed by atoms with Gasteiger partial charge in [0, 0.05) is 32.2 Å². The van der Waals surface area contributed by atoms with Gasteiger partial charge in [0.25, 0.3) is 0 Å². The highest BCUT2D eigenvalue weighted by Crippen LogP contribution is 2.47. The molecule has 1 saturated heterocycles. The van der Waals surface area contributed by atoms with Crippen molar-refractivity contribution >= 4 is 17.8 Å². The van der Waals surface area contributed by atoms with Crippen LogP contribution in [0.5, 0.6) is 0 Å². The van der Waals surface area contributed by atoms with Gasteiger partial charge in [-0.1, -0.05) is 30.3 Å². The lowest BCUT2D eigenvalue weighted by molar-refractivity contribution is -0.193. The molecule has 0 spiro atoms. The van der Waals surface area contributed by atoms with E-state index in [0.29, 0.717) is 0 Å². The van der Waals surface area contributed by atoms with E-state index >= 15 is 0 Å². The van der Waals surface area contributed by atoms with Crippen LogP contribution in [0.25, 0.3) is 0 Å². The van der Waals surface area contributed by atoms with Crippen LogP contribution >= 0.6 is 0 Å². The summed E-state index contributed by atoms with van der Waals surface area (Å²) in [7, 11) is 0. The molecule has 3 rings (SSSR count). The fraction of sp³-hybridized carbons (Fsp3) is 0.625. The van der Waals surface area contributed by atoms with Crippen LogP contribution in [0, 0.1) is 5.41 Å². The predicted octanol–water partition coefficient (Wildman–Crippen LogP) is 3.79. The van der Waals surface area contributed by atoms with Crippen LogP contribution in [0.15, 0.2) is 30.3 Å². The van der Waals surface area contributed by atoms with Crippen LogP contribution in [0.1, 0.15) is 51.5 Å². The molecule has 1 unspecified atom stereocenters. The minimum atomic E-state index is -5.04. The third-order valence-corrected chi connectivity index (χ3v) is 6.72. The summed E-state index contributed by atoms with van der Waals surface area (Å²) in [5.74, 6) is -3.18. The standard InChI is InChI=1S/C24H30F3NO6/c1-16(34-17(2)29)23(22(31)33-15-18-6-4-3-5-7-18)11-8-20(14-23)28(21(30)24(25,26)27)19-9-12-32-13-10-19/h3-7,16,19-20H,8-15H2,1-2H3/t16?,20-,23+/m1/s1. The fourth-order valence-corrected chi connectivity index (χ4v) is 4.97. The van der Waals surface area contributed by atoms with Crippen LogP contribution < -0.4 is 0 Å². The number of alkyl halides is 3. The van der Waals surface area contributed by atoms with Crippen LogP contribution in [-0.4, -0.2) is 60.3 Å². The van der Waals surface area contributed by atoms with Gasteiger partial charge in [0.15, 0.2) is 0 Å². The minimum Gasteiger partial charge on any atom is -0.462 e. The van der Waals surface area contributed by atoms with Crippen molar-refractivity contribution in [3.63, 3.8) is 0 Å². The molecule has 1 aliphatic carbocycles. The van der Waals surface area contributed by atoms with Gasteiger partial charge in [-0.2, -0.15) is 13.2 Å². The lowest BCUT2D eigenvalue weighted by atomic mass is 9.80. The van der Waals surface area contributed by atoms with E-state index in [1.807, 2.05) is 6.07 Å². The molecule has 10 heteroatoms. The van der Waals surface area contributed by atoms with Crippen LogP contribution in [0.3, 0.4) is 0 Å². The number of carbonyl (C=O) groups excluding carboxylic acids is 3. The summed E-state index contributed by atoms with van der Waals surface area (Å²) < 4.78 is 56.7. The SMILES string of the molecule is CC(=O)OC(C)[C@]1(C(=O)OCc2ccccc2)CC[C@@H](N(C(=O)C(F)(F)F)C2CCOCC2)C1. The van der Waals surface area contributed by atoms with Gasteiger partial charge in [0.05, 0.1) is 0 Å². The quantitative estimate of drug-likeness (QED) is 0.547. The monoisotopic (exact) mass is 485 g/mol. The highest BCUT2D eigenvalue weighted by atomic mass is 19.4. The Kier molecular flexibility index (Phi) is 8.22. The molecule has 1 aromatic carbocycles. The third kappa shape index (κ3) is 5.89. The van der Waals surface area contributed by atoms with Gasteiger partial charge >= 0.3 is 24.0 Å². The molecule has 1 saturated carbocycles. The number of benzene rings is 1. The summed E-state index contributed by atoms with van der Waals surface area (Å²) in [5, 5.41) is 0. The maximum atomic E-state index is 13.5. The van der Waals surface area contributed by atoms with E-state index in [9.17, 15) is 27.6 Å². The zero-order chi connectivity index (χ0) is 24.9. The molecule has 3 atom stereocenters. The molecule has 1 aromatic rings. The summed E-state index contributed by atoms with van der Waals surface area (Å²) in [4.78, 5) is 38.3. The molecule has 188 valence electrons. The molecule has 1 heterocycles. The summed E-state index contributed by atoms with van der Waals surface area (Å²) in [5.41, 5.74) is -0.614. The number of rotatable bonds is 7. The van der Waals surface area contributed by atoms with Crippen molar-refractivity contribution in [1.82, 2.24) is 4.90 Å². The van der Waals surface area contributed by atoms with E-state index in [0.717, 1.165) is 10.5 Å². The molecule has 1 aliphatic heterocycles. The van der Waals surface area contributed by atoms with E-state index in [4.69, 9.17) is 14.2 Å². The maximum absolute atomic E-state index is 13.5. The Balaban J connectivity index is 1.86. The second-order valence-corrected chi connectivity index (χ2v) is 8.92. The van der Waals surface area contributed by atoms with Gasteiger partial charge in [-0.15, -0.1) is 0 Å². The second-order valence-electron chi connectivity index (χ2n) is 8.92. The average molecular weight is 485 g/mol. The van der Waals surface area contributed by atoms with Gasteiger partial charge in [-0.25, -0.2) is 0 Å². The Bertz CT molecular complexity index is 871. The van der Waals surface area contributed by atoms with Crippen LogP contribution in [0.2, 0.25) is 0 Å². The van der Waals surface area contributed by atoms with E-state index < -0.39 is 47.6 Å². The highest BCUT2D eigenvalue weighted by molar-refractivity contribution is 5.83. The van der Waals surface area contributed by atoms with E-state index in [1.165, 1.54) is 13.8 Å². The number of ether oxygens (including phenoxy) is 3. The number of amides is 1. The smallest absolute Gasteiger partial charge is 0.462 e. The number of nitrogens with zero attached hydrogens (tertiary/aromatic N) is 1. The largest absolute Gasteiger partial charge is 0.471 e. The van der Waals surface area contributed by atoms with Crippen molar-refractivity contribution < 1.29 is 41.8 Å². The molecular formula is C24H30F3NO6. The van der Waals surface area contributed by atoms with Gasteiger partial charge in [0.2, 0.25) is 0 Å². The number of hydrogen-bond donors (Lipinski definition) is 0. The molecule has 0 N–H and O–H groups in total. The third-order valence-electron chi connectivity index (χ3n) is 6.72. The van der Waals surface area contributed by atoms with Gasteiger partial charge in [0.1, 0.15) is 18.1 Å². The predicted molar refractivity (Wildman–Crippen MR) is 114 cm³/mol. The Hall–Kier alpha value is -2.62. The Labute approximate surface area is 196 Å². The Morgan fingerprint density at radius 1 is 1.12 bits per heavy atom. The molecule has 2 fully saturated rings. The fourth-order valence-electron chi connectivity index (χ4n) is 4.97. The van der Waals surface area contributed by atoms with Crippen LogP contribution in [-0.2, 0) is 35.2 Å². The first kappa shape index (κ1) is 26.0. The lowest BCUT2D eigenvalue weighted by Gasteiger charge is -2.40. The molecule has 0 aromatic heterocycles. The zero-order valence-electron chi connectivity index (χ0n) is 19.3. The lowest BCUT2D eigenvalue weighted by Crippen LogP contribution is -2.54. The second kappa shape index (κ2) is 10.8. The summed E-state index contributed by atoms with van der Waals surface area (Å²) >= 11 is 0. The number of carbonyl (C=O) groups is 3. The molecule has 7 nitrogen and oxygen atoms in total. The van der Waals surface area contributed by atoms with E-state index in [1.54, 1.807) is 24.3 Å². The number of esters is 2. The van der Waals surface area contributed by atoms with Crippen LogP contribution in [0.4, 0.5) is 13.2 Å². The van der Waals surface area contributed by atoms with Crippen molar-refractivity contribution in [3.8, 4) is 0 Å². The zero-order valence-corrected chi connectivity index (χ0v) is 19.3. The average Bonchev–Trinajstić information content (AvgIpc) is 3.24. The maximum Gasteiger partial charge on any atom is 0.471 e. The first-order valence-electron chi connectivity index (χ1n) is 11.4.